The molecule has 19 heavy (non-hydrogen) atoms. The second-order valence-electron chi connectivity index (χ2n) is 5.64. The zero-order valence-electron chi connectivity index (χ0n) is 11.7. The third kappa shape index (κ3) is 3.38. The van der Waals surface area contributed by atoms with Crippen LogP contribution < -0.4 is 10.6 Å². The molecule has 0 aromatic heterocycles. The van der Waals surface area contributed by atoms with E-state index in [1.165, 1.54) is 4.90 Å². The molecule has 6 nitrogen and oxygen atoms in total. The number of halogens is 1. The summed E-state index contributed by atoms with van der Waals surface area (Å²) in [6, 6.07) is 0.238. The second-order valence-corrected chi connectivity index (χ2v) is 5.64. The van der Waals surface area contributed by atoms with E-state index in [2.05, 4.69) is 15.5 Å². The Kier molecular flexibility index (Phi) is 5.18. The number of nitrogens with zero attached hydrogens (tertiary/aromatic N) is 2. The quantitative estimate of drug-likeness (QED) is 0.717. The molecule has 2 aliphatic rings. The lowest BCUT2D eigenvalue weighted by Gasteiger charge is -2.25. The van der Waals surface area contributed by atoms with E-state index in [-0.39, 0.29) is 24.3 Å². The molecule has 2 N–H and O–H groups in total. The van der Waals surface area contributed by atoms with Crippen molar-refractivity contribution in [1.82, 2.24) is 20.4 Å². The number of carbonyl (C=O) groups excluding carboxylic acids is 2. The average Bonchev–Trinajstić information content (AvgIpc) is 2.86. The first kappa shape index (κ1) is 16.2. The molecular weight excluding hydrogens is 268 g/mol. The predicted octanol–water partition coefficient (Wildman–Crippen LogP) is 0.0323. The first-order valence-electron chi connectivity index (χ1n) is 6.47. The summed E-state index contributed by atoms with van der Waals surface area (Å²) in [6.45, 7) is 6.69. The van der Waals surface area contributed by atoms with E-state index in [9.17, 15) is 9.59 Å². The van der Waals surface area contributed by atoms with Crippen molar-refractivity contribution in [3.63, 3.8) is 0 Å². The second kappa shape index (κ2) is 6.07. The van der Waals surface area contributed by atoms with Crippen LogP contribution in [0.2, 0.25) is 0 Å². The van der Waals surface area contributed by atoms with Crippen molar-refractivity contribution in [3.8, 4) is 0 Å². The van der Waals surface area contributed by atoms with Gasteiger partial charge in [0.05, 0.1) is 0 Å². The van der Waals surface area contributed by atoms with Crippen LogP contribution in [-0.2, 0) is 4.79 Å². The van der Waals surface area contributed by atoms with Crippen LogP contribution in [0.4, 0.5) is 4.79 Å². The maximum Gasteiger partial charge on any atom is 0.325 e. The van der Waals surface area contributed by atoms with Crippen LogP contribution in [0, 0.1) is 0 Å². The van der Waals surface area contributed by atoms with E-state index < -0.39 is 5.54 Å². The van der Waals surface area contributed by atoms with Gasteiger partial charge in [0, 0.05) is 25.7 Å². The molecule has 0 saturated carbocycles. The fraction of sp³-hybridized carbons (Fsp3) is 0.833. The Bertz CT molecular complexity index is 356. The van der Waals surface area contributed by atoms with Crippen molar-refractivity contribution < 1.29 is 9.59 Å². The molecule has 0 spiro atoms. The number of urea groups is 1. The minimum absolute atomic E-state index is 0. The van der Waals surface area contributed by atoms with Gasteiger partial charge >= 0.3 is 6.03 Å². The highest BCUT2D eigenvalue weighted by atomic mass is 35.5. The Morgan fingerprint density at radius 1 is 1.42 bits per heavy atom. The fourth-order valence-electron chi connectivity index (χ4n) is 2.48. The first-order chi connectivity index (χ1) is 8.42. The summed E-state index contributed by atoms with van der Waals surface area (Å²) in [5.41, 5.74) is -0.759. The maximum atomic E-state index is 12.0. The summed E-state index contributed by atoms with van der Waals surface area (Å²) in [5.74, 6) is -0.134. The van der Waals surface area contributed by atoms with Gasteiger partial charge in [-0.25, -0.2) is 4.79 Å². The molecule has 0 aromatic rings. The van der Waals surface area contributed by atoms with Crippen LogP contribution in [0.5, 0.6) is 0 Å². The zero-order valence-corrected chi connectivity index (χ0v) is 12.5. The Hall–Kier alpha value is -0.850. The van der Waals surface area contributed by atoms with Gasteiger partial charge in [-0.3, -0.25) is 9.69 Å². The molecule has 0 aromatic carbocycles. The zero-order chi connectivity index (χ0) is 13.3. The van der Waals surface area contributed by atoms with Gasteiger partial charge in [-0.15, -0.1) is 12.4 Å². The standard InChI is InChI=1S/C12H22N4O2.ClH/c1-12(2)10(17)16(11(18)14-12)7-6-15(3)9-4-5-13-8-9;/h9,13H,4-8H2,1-3H3,(H,14,18);1H. The molecule has 2 saturated heterocycles. The lowest BCUT2D eigenvalue weighted by molar-refractivity contribution is -0.130. The van der Waals surface area contributed by atoms with Crippen LogP contribution in [0.1, 0.15) is 20.3 Å². The van der Waals surface area contributed by atoms with E-state index in [4.69, 9.17) is 0 Å². The summed E-state index contributed by atoms with van der Waals surface area (Å²) in [4.78, 5) is 27.2. The highest BCUT2D eigenvalue weighted by Crippen LogP contribution is 2.16. The molecule has 2 aliphatic heterocycles. The van der Waals surface area contributed by atoms with Crippen molar-refractivity contribution in [2.45, 2.75) is 31.8 Å². The molecule has 7 heteroatoms. The Balaban J connectivity index is 0.00000180. The Labute approximate surface area is 120 Å². The number of hydrogen-bond donors (Lipinski definition) is 2. The van der Waals surface area contributed by atoms with Crippen LogP contribution >= 0.6 is 12.4 Å². The third-order valence-corrected chi connectivity index (χ3v) is 3.78. The lowest BCUT2D eigenvalue weighted by atomic mass is 10.1. The van der Waals surface area contributed by atoms with Gasteiger partial charge in [0.1, 0.15) is 5.54 Å². The normalized spacial score (nSPS) is 25.7. The first-order valence-corrected chi connectivity index (χ1v) is 6.47. The van der Waals surface area contributed by atoms with E-state index in [1.807, 2.05) is 7.05 Å². The van der Waals surface area contributed by atoms with Crippen molar-refractivity contribution >= 4 is 24.3 Å². The van der Waals surface area contributed by atoms with Crippen LogP contribution in [-0.4, -0.2) is 66.5 Å². The third-order valence-electron chi connectivity index (χ3n) is 3.78. The molecule has 110 valence electrons. The van der Waals surface area contributed by atoms with Crippen LogP contribution in [0.15, 0.2) is 0 Å². The van der Waals surface area contributed by atoms with Gasteiger partial charge in [-0.05, 0) is 33.9 Å². The predicted molar refractivity (Wildman–Crippen MR) is 75.5 cm³/mol. The Morgan fingerprint density at radius 2 is 2.11 bits per heavy atom. The summed E-state index contributed by atoms with van der Waals surface area (Å²) in [7, 11) is 2.04. The van der Waals surface area contributed by atoms with E-state index in [0.29, 0.717) is 12.6 Å². The molecular formula is C12H23ClN4O2. The van der Waals surface area contributed by atoms with Gasteiger partial charge in [0.15, 0.2) is 0 Å². The van der Waals surface area contributed by atoms with Crippen molar-refractivity contribution in [3.05, 3.63) is 0 Å². The molecule has 1 unspecified atom stereocenters. The van der Waals surface area contributed by atoms with Gasteiger partial charge in [0.2, 0.25) is 0 Å². The monoisotopic (exact) mass is 290 g/mol. The molecule has 0 bridgehead atoms. The number of rotatable bonds is 4. The largest absolute Gasteiger partial charge is 0.325 e. The highest BCUT2D eigenvalue weighted by molar-refractivity contribution is 6.06. The van der Waals surface area contributed by atoms with Gasteiger partial charge in [-0.1, -0.05) is 0 Å². The van der Waals surface area contributed by atoms with Crippen LogP contribution in [0.3, 0.4) is 0 Å². The molecule has 1 atom stereocenters. The number of likely N-dealkylation sites (N-methyl/N-ethyl adjacent to an activating group) is 1. The lowest BCUT2D eigenvalue weighted by Crippen LogP contribution is -2.43. The summed E-state index contributed by atoms with van der Waals surface area (Å²) in [5, 5.41) is 6.00. The van der Waals surface area contributed by atoms with E-state index in [0.717, 1.165) is 26.1 Å². The van der Waals surface area contributed by atoms with Crippen molar-refractivity contribution in [1.29, 1.82) is 0 Å². The molecule has 2 fully saturated rings. The molecule has 2 heterocycles. The van der Waals surface area contributed by atoms with Crippen molar-refractivity contribution in [2.75, 3.05) is 33.2 Å². The van der Waals surface area contributed by atoms with E-state index >= 15 is 0 Å². The Morgan fingerprint density at radius 3 is 2.58 bits per heavy atom. The summed E-state index contributed by atoms with van der Waals surface area (Å²) < 4.78 is 0. The van der Waals surface area contributed by atoms with Gasteiger partial charge in [-0.2, -0.15) is 0 Å². The minimum Gasteiger partial charge on any atom is -0.324 e. The number of hydrogen-bond acceptors (Lipinski definition) is 4. The number of imide groups is 1. The SMILES string of the molecule is CN(CCN1C(=O)NC(C)(C)C1=O)C1CCNC1.Cl. The van der Waals surface area contributed by atoms with E-state index in [1.54, 1.807) is 13.8 Å². The minimum atomic E-state index is -0.759. The van der Waals surface area contributed by atoms with Crippen LogP contribution in [0.25, 0.3) is 0 Å². The average molecular weight is 291 g/mol. The summed E-state index contributed by atoms with van der Waals surface area (Å²) >= 11 is 0. The highest BCUT2D eigenvalue weighted by Gasteiger charge is 2.44. The molecule has 0 aliphatic carbocycles. The fourth-order valence-corrected chi connectivity index (χ4v) is 2.48. The topological polar surface area (TPSA) is 64.7 Å². The molecule has 2 rings (SSSR count). The molecule has 3 amide bonds. The summed E-state index contributed by atoms with van der Waals surface area (Å²) in [6.07, 6.45) is 1.13. The number of nitrogens with one attached hydrogen (secondary N) is 2. The molecule has 0 radical (unpaired) electrons. The number of carbonyl (C=O) groups is 2. The number of amides is 3. The van der Waals surface area contributed by atoms with Crippen molar-refractivity contribution in [2.24, 2.45) is 0 Å². The van der Waals surface area contributed by atoms with Gasteiger partial charge in [0.25, 0.3) is 5.91 Å². The maximum absolute atomic E-state index is 12.0. The van der Waals surface area contributed by atoms with Gasteiger partial charge < -0.3 is 15.5 Å². The smallest absolute Gasteiger partial charge is 0.324 e.